The van der Waals surface area contributed by atoms with Crippen molar-refractivity contribution in [2.75, 3.05) is 26.7 Å². The largest absolute Gasteiger partial charge is 0.490 e. The van der Waals surface area contributed by atoms with E-state index >= 15 is 0 Å². The molecule has 0 N–H and O–H groups in total. The second-order valence-electron chi connectivity index (χ2n) is 6.95. The molecule has 0 atom stereocenters. The second kappa shape index (κ2) is 6.13. The van der Waals surface area contributed by atoms with Gasteiger partial charge in [0.15, 0.2) is 11.6 Å². The molecule has 3 heteroatoms. The number of ether oxygens (including phenoxy) is 1. The van der Waals surface area contributed by atoms with Crippen LogP contribution in [0.15, 0.2) is 18.2 Å². The average molecular weight is 279 g/mol. The van der Waals surface area contributed by atoms with Gasteiger partial charge in [0.2, 0.25) is 0 Å². The Labute approximate surface area is 121 Å². The van der Waals surface area contributed by atoms with Crippen LogP contribution in [-0.2, 0) is 5.41 Å². The third-order valence-corrected chi connectivity index (χ3v) is 4.11. The van der Waals surface area contributed by atoms with Crippen molar-refractivity contribution in [3.05, 3.63) is 29.6 Å². The fourth-order valence-electron chi connectivity index (χ4n) is 2.52. The van der Waals surface area contributed by atoms with Gasteiger partial charge in [0.05, 0.1) is 6.61 Å². The highest BCUT2D eigenvalue weighted by atomic mass is 19.1. The highest BCUT2D eigenvalue weighted by Gasteiger charge is 2.19. The van der Waals surface area contributed by atoms with Crippen LogP contribution in [0.3, 0.4) is 0 Å². The maximum atomic E-state index is 13.8. The molecule has 1 heterocycles. The van der Waals surface area contributed by atoms with Crippen molar-refractivity contribution in [3.8, 4) is 5.75 Å². The number of nitrogens with zero attached hydrogens (tertiary/aromatic N) is 1. The molecule has 2 nitrogen and oxygen atoms in total. The van der Waals surface area contributed by atoms with Crippen LogP contribution in [-0.4, -0.2) is 31.6 Å². The summed E-state index contributed by atoms with van der Waals surface area (Å²) in [5, 5.41) is 0. The third-order valence-electron chi connectivity index (χ3n) is 4.11. The van der Waals surface area contributed by atoms with E-state index in [-0.39, 0.29) is 11.2 Å². The minimum absolute atomic E-state index is 0.0133. The summed E-state index contributed by atoms with van der Waals surface area (Å²) in [5.41, 5.74) is 1.12. The Balaban J connectivity index is 1.98. The quantitative estimate of drug-likeness (QED) is 0.833. The van der Waals surface area contributed by atoms with E-state index in [2.05, 4.69) is 32.7 Å². The van der Waals surface area contributed by atoms with Gasteiger partial charge in [-0.15, -0.1) is 0 Å². The summed E-state index contributed by atoms with van der Waals surface area (Å²) in [6.45, 7) is 9.22. The van der Waals surface area contributed by atoms with Crippen LogP contribution < -0.4 is 4.74 Å². The molecule has 0 aromatic heterocycles. The molecule has 1 aliphatic heterocycles. The zero-order valence-electron chi connectivity index (χ0n) is 13.1. The summed E-state index contributed by atoms with van der Waals surface area (Å²) < 4.78 is 19.6. The lowest BCUT2D eigenvalue weighted by Gasteiger charge is -2.29. The molecule has 0 radical (unpaired) electrons. The van der Waals surface area contributed by atoms with Gasteiger partial charge in [-0.3, -0.25) is 0 Å². The Hall–Kier alpha value is -1.09. The molecule has 20 heavy (non-hydrogen) atoms. The lowest BCUT2D eigenvalue weighted by Crippen LogP contribution is -2.32. The molecule has 1 saturated heterocycles. The fraction of sp³-hybridized carbons (Fsp3) is 0.647. The predicted octanol–water partition coefficient (Wildman–Crippen LogP) is 3.84. The normalized spacial score (nSPS) is 18.2. The predicted molar refractivity (Wildman–Crippen MR) is 80.8 cm³/mol. The topological polar surface area (TPSA) is 12.5 Å². The first kappa shape index (κ1) is 15.3. The Morgan fingerprint density at radius 2 is 1.90 bits per heavy atom. The van der Waals surface area contributed by atoms with E-state index in [4.69, 9.17) is 4.74 Å². The molecule has 0 bridgehead atoms. The summed E-state index contributed by atoms with van der Waals surface area (Å²) in [4.78, 5) is 2.33. The van der Waals surface area contributed by atoms with E-state index in [0.29, 0.717) is 18.3 Å². The standard InChI is InChI=1S/C17H26FNO/c1-17(2,3)14-5-6-15(18)16(11-14)20-12-13-7-9-19(4)10-8-13/h5-6,11,13H,7-10,12H2,1-4H3. The van der Waals surface area contributed by atoms with Gasteiger partial charge in [-0.1, -0.05) is 26.8 Å². The molecule has 112 valence electrons. The number of hydrogen-bond donors (Lipinski definition) is 0. The van der Waals surface area contributed by atoms with Crippen molar-refractivity contribution in [3.63, 3.8) is 0 Å². The Kier molecular flexibility index (Phi) is 4.69. The summed E-state index contributed by atoms with van der Waals surface area (Å²) in [6.07, 6.45) is 2.27. The van der Waals surface area contributed by atoms with Crippen LogP contribution >= 0.6 is 0 Å². The van der Waals surface area contributed by atoms with E-state index < -0.39 is 0 Å². The average Bonchev–Trinajstić information content (AvgIpc) is 2.38. The first-order valence-corrected chi connectivity index (χ1v) is 7.47. The zero-order valence-corrected chi connectivity index (χ0v) is 13.1. The number of likely N-dealkylation sites (tertiary alicyclic amines) is 1. The van der Waals surface area contributed by atoms with Crippen LogP contribution in [0.2, 0.25) is 0 Å². The number of benzene rings is 1. The van der Waals surface area contributed by atoms with Crippen molar-refractivity contribution in [2.45, 2.75) is 39.0 Å². The van der Waals surface area contributed by atoms with Gasteiger partial charge in [-0.2, -0.15) is 0 Å². The molecule has 1 aromatic carbocycles. The fourth-order valence-corrected chi connectivity index (χ4v) is 2.52. The number of hydrogen-bond acceptors (Lipinski definition) is 2. The van der Waals surface area contributed by atoms with E-state index in [1.54, 1.807) is 0 Å². The Morgan fingerprint density at radius 3 is 2.50 bits per heavy atom. The van der Waals surface area contributed by atoms with Crippen LogP contribution in [0.4, 0.5) is 4.39 Å². The van der Waals surface area contributed by atoms with E-state index in [0.717, 1.165) is 31.5 Å². The molecule has 0 saturated carbocycles. The van der Waals surface area contributed by atoms with Crippen molar-refractivity contribution >= 4 is 0 Å². The molecule has 2 rings (SSSR count). The van der Waals surface area contributed by atoms with Crippen molar-refractivity contribution in [1.82, 2.24) is 4.90 Å². The van der Waals surface area contributed by atoms with Gasteiger partial charge >= 0.3 is 0 Å². The van der Waals surface area contributed by atoms with Crippen molar-refractivity contribution in [2.24, 2.45) is 5.92 Å². The maximum absolute atomic E-state index is 13.8. The lowest BCUT2D eigenvalue weighted by molar-refractivity contribution is 0.157. The van der Waals surface area contributed by atoms with Crippen LogP contribution in [0.5, 0.6) is 5.75 Å². The molecular formula is C17H26FNO. The van der Waals surface area contributed by atoms with Crippen LogP contribution in [0, 0.1) is 11.7 Å². The Bertz CT molecular complexity index is 445. The SMILES string of the molecule is CN1CCC(COc2cc(C(C)(C)C)ccc2F)CC1. The first-order chi connectivity index (χ1) is 9.36. The van der Waals surface area contributed by atoms with Gasteiger partial charge in [0.1, 0.15) is 0 Å². The number of halogens is 1. The molecule has 0 spiro atoms. The van der Waals surface area contributed by atoms with Crippen molar-refractivity contribution < 1.29 is 9.13 Å². The molecule has 1 fully saturated rings. The molecule has 1 aromatic rings. The van der Waals surface area contributed by atoms with Crippen LogP contribution in [0.25, 0.3) is 0 Å². The smallest absolute Gasteiger partial charge is 0.165 e. The van der Waals surface area contributed by atoms with Gasteiger partial charge in [0.25, 0.3) is 0 Å². The number of rotatable bonds is 3. The molecule has 1 aliphatic rings. The highest BCUT2D eigenvalue weighted by Crippen LogP contribution is 2.28. The van der Waals surface area contributed by atoms with E-state index in [1.165, 1.54) is 6.07 Å². The van der Waals surface area contributed by atoms with Gasteiger partial charge in [0, 0.05) is 0 Å². The van der Waals surface area contributed by atoms with Crippen LogP contribution in [0.1, 0.15) is 39.2 Å². The lowest BCUT2D eigenvalue weighted by atomic mass is 9.87. The summed E-state index contributed by atoms with van der Waals surface area (Å²) in [7, 11) is 2.14. The van der Waals surface area contributed by atoms with E-state index in [1.807, 2.05) is 12.1 Å². The highest BCUT2D eigenvalue weighted by molar-refractivity contribution is 5.34. The van der Waals surface area contributed by atoms with Gasteiger partial charge in [-0.25, -0.2) is 4.39 Å². The van der Waals surface area contributed by atoms with Gasteiger partial charge in [-0.05, 0) is 62.0 Å². The summed E-state index contributed by atoms with van der Waals surface area (Å²) >= 11 is 0. The van der Waals surface area contributed by atoms with Crippen molar-refractivity contribution in [1.29, 1.82) is 0 Å². The molecular weight excluding hydrogens is 253 g/mol. The second-order valence-corrected chi connectivity index (χ2v) is 6.95. The van der Waals surface area contributed by atoms with E-state index in [9.17, 15) is 4.39 Å². The first-order valence-electron chi connectivity index (χ1n) is 7.47. The Morgan fingerprint density at radius 1 is 1.25 bits per heavy atom. The third kappa shape index (κ3) is 3.95. The number of piperidine rings is 1. The monoisotopic (exact) mass is 279 g/mol. The molecule has 0 unspecified atom stereocenters. The zero-order chi connectivity index (χ0) is 14.8. The summed E-state index contributed by atoms with van der Waals surface area (Å²) in [5.74, 6) is 0.686. The maximum Gasteiger partial charge on any atom is 0.165 e. The minimum atomic E-state index is -0.258. The minimum Gasteiger partial charge on any atom is -0.490 e. The molecule has 0 aliphatic carbocycles. The van der Waals surface area contributed by atoms with Gasteiger partial charge < -0.3 is 9.64 Å². The summed E-state index contributed by atoms with van der Waals surface area (Å²) in [6, 6.07) is 5.21. The molecule has 0 amide bonds.